The van der Waals surface area contributed by atoms with Crippen molar-refractivity contribution < 1.29 is 4.74 Å². The van der Waals surface area contributed by atoms with Gasteiger partial charge in [-0.1, -0.05) is 19.1 Å². The molecule has 1 aromatic carbocycles. The van der Waals surface area contributed by atoms with E-state index in [1.54, 1.807) is 14.2 Å². The molecule has 0 aliphatic rings. The Kier molecular flexibility index (Phi) is 3.57. The fourth-order valence-corrected chi connectivity index (χ4v) is 1.93. The first-order valence-electron chi connectivity index (χ1n) is 5.78. The number of methoxy groups -OCH3 is 1. The third-order valence-electron chi connectivity index (χ3n) is 2.87. The van der Waals surface area contributed by atoms with Gasteiger partial charge < -0.3 is 4.74 Å². The predicted molar refractivity (Wildman–Crippen MR) is 66.7 cm³/mol. The molecule has 0 saturated carbocycles. The quantitative estimate of drug-likeness (QED) is 0.798. The van der Waals surface area contributed by atoms with E-state index in [0.717, 1.165) is 23.2 Å². The van der Waals surface area contributed by atoms with Crippen LogP contribution in [0.1, 0.15) is 18.1 Å². The number of rotatable bonds is 4. The number of aromatic nitrogens is 4. The molecular weight excluding hydrogens is 232 g/mol. The molecule has 0 saturated heterocycles. The summed E-state index contributed by atoms with van der Waals surface area (Å²) in [6, 6.07) is 5.79. The summed E-state index contributed by atoms with van der Waals surface area (Å²) >= 11 is 0. The fourth-order valence-electron chi connectivity index (χ4n) is 1.93. The number of aryl methyl sites for hydroxylation is 2. The van der Waals surface area contributed by atoms with Gasteiger partial charge in [0.25, 0.3) is 0 Å². The molecule has 18 heavy (non-hydrogen) atoms. The molecule has 2 aromatic rings. The highest BCUT2D eigenvalue weighted by Gasteiger charge is 2.13. The summed E-state index contributed by atoms with van der Waals surface area (Å²) in [7, 11) is 3.21. The standard InChI is InChI=1S/C12H16N4O2/c1-4-9-6-5-7-11(10(9)8-18-3)16-12(17)15(2)13-14-16/h5-7H,4,8H2,1-3H3. The lowest BCUT2D eigenvalue weighted by Gasteiger charge is -2.11. The van der Waals surface area contributed by atoms with Gasteiger partial charge in [-0.3, -0.25) is 0 Å². The SMILES string of the molecule is CCc1cccc(-n2nnn(C)c2=O)c1COC. The molecule has 6 nitrogen and oxygen atoms in total. The van der Waals surface area contributed by atoms with Gasteiger partial charge in [-0.05, 0) is 28.5 Å². The zero-order valence-electron chi connectivity index (χ0n) is 10.8. The molecule has 0 N–H and O–H groups in total. The maximum absolute atomic E-state index is 11.9. The van der Waals surface area contributed by atoms with Gasteiger partial charge in [0.15, 0.2) is 0 Å². The summed E-state index contributed by atoms with van der Waals surface area (Å²) in [4.78, 5) is 11.9. The van der Waals surface area contributed by atoms with Gasteiger partial charge in [-0.15, -0.1) is 0 Å². The van der Waals surface area contributed by atoms with Gasteiger partial charge in [0, 0.05) is 19.7 Å². The molecule has 0 unspecified atom stereocenters. The van der Waals surface area contributed by atoms with Crippen LogP contribution in [0.4, 0.5) is 0 Å². The van der Waals surface area contributed by atoms with Gasteiger partial charge in [0.2, 0.25) is 0 Å². The molecule has 0 fully saturated rings. The number of benzene rings is 1. The van der Waals surface area contributed by atoms with E-state index in [9.17, 15) is 4.79 Å². The smallest absolute Gasteiger partial charge is 0.368 e. The topological polar surface area (TPSA) is 61.9 Å². The van der Waals surface area contributed by atoms with E-state index in [0.29, 0.717) is 6.61 Å². The zero-order valence-corrected chi connectivity index (χ0v) is 10.8. The second-order valence-electron chi connectivity index (χ2n) is 4.00. The average Bonchev–Trinajstić information content (AvgIpc) is 2.71. The second kappa shape index (κ2) is 5.14. The van der Waals surface area contributed by atoms with Crippen LogP contribution in [-0.2, 0) is 24.8 Å². The molecule has 96 valence electrons. The first kappa shape index (κ1) is 12.5. The van der Waals surface area contributed by atoms with Crippen molar-refractivity contribution >= 4 is 0 Å². The van der Waals surface area contributed by atoms with Crippen LogP contribution in [0.2, 0.25) is 0 Å². The van der Waals surface area contributed by atoms with Crippen LogP contribution in [0.5, 0.6) is 0 Å². The van der Waals surface area contributed by atoms with E-state index in [4.69, 9.17) is 4.74 Å². The summed E-state index contributed by atoms with van der Waals surface area (Å²) in [6.07, 6.45) is 0.877. The highest BCUT2D eigenvalue weighted by molar-refractivity contribution is 5.45. The number of hydrogen-bond donors (Lipinski definition) is 0. The third kappa shape index (κ3) is 2.06. The number of nitrogens with zero attached hydrogens (tertiary/aromatic N) is 4. The van der Waals surface area contributed by atoms with Gasteiger partial charge in [0.05, 0.1) is 12.3 Å². The third-order valence-corrected chi connectivity index (χ3v) is 2.87. The Morgan fingerprint density at radius 2 is 2.11 bits per heavy atom. The lowest BCUT2D eigenvalue weighted by molar-refractivity contribution is 0.184. The lowest BCUT2D eigenvalue weighted by atomic mass is 10.0. The van der Waals surface area contributed by atoms with Gasteiger partial charge in [-0.25, -0.2) is 4.79 Å². The fraction of sp³-hybridized carbons (Fsp3) is 0.417. The van der Waals surface area contributed by atoms with Crippen molar-refractivity contribution in [1.29, 1.82) is 0 Å². The van der Waals surface area contributed by atoms with Crippen LogP contribution >= 0.6 is 0 Å². The van der Waals surface area contributed by atoms with E-state index < -0.39 is 0 Å². The maximum Gasteiger partial charge on any atom is 0.368 e. The van der Waals surface area contributed by atoms with Crippen LogP contribution in [0.3, 0.4) is 0 Å². The molecule has 0 atom stereocenters. The first-order chi connectivity index (χ1) is 8.69. The Morgan fingerprint density at radius 3 is 2.67 bits per heavy atom. The number of tetrazole rings is 1. The molecule has 0 aliphatic heterocycles. The van der Waals surface area contributed by atoms with Crippen LogP contribution in [0.25, 0.3) is 5.69 Å². The molecule has 1 heterocycles. The average molecular weight is 248 g/mol. The van der Waals surface area contributed by atoms with E-state index in [2.05, 4.69) is 17.4 Å². The minimum atomic E-state index is -0.263. The van der Waals surface area contributed by atoms with Crippen molar-refractivity contribution in [2.24, 2.45) is 7.05 Å². The molecule has 6 heteroatoms. The highest BCUT2D eigenvalue weighted by atomic mass is 16.5. The Bertz CT molecular complexity index is 600. The van der Waals surface area contributed by atoms with Crippen molar-refractivity contribution in [3.8, 4) is 5.69 Å². The predicted octanol–water partition coefficient (Wildman–Crippen LogP) is 0.675. The Hall–Kier alpha value is -1.95. The molecular formula is C12H16N4O2. The molecule has 0 spiro atoms. The minimum Gasteiger partial charge on any atom is -0.380 e. The van der Waals surface area contributed by atoms with Gasteiger partial charge >= 0.3 is 5.69 Å². The van der Waals surface area contributed by atoms with Crippen LogP contribution in [0, 0.1) is 0 Å². The summed E-state index contributed by atoms with van der Waals surface area (Å²) in [5.41, 5.74) is 2.59. The summed E-state index contributed by atoms with van der Waals surface area (Å²) in [5, 5.41) is 7.59. The van der Waals surface area contributed by atoms with Crippen molar-refractivity contribution in [2.45, 2.75) is 20.0 Å². The normalized spacial score (nSPS) is 10.8. The van der Waals surface area contributed by atoms with E-state index >= 15 is 0 Å². The molecule has 0 bridgehead atoms. The minimum absolute atomic E-state index is 0.263. The molecule has 0 aliphatic carbocycles. The molecule has 1 aromatic heterocycles. The van der Waals surface area contributed by atoms with Crippen LogP contribution < -0.4 is 5.69 Å². The first-order valence-corrected chi connectivity index (χ1v) is 5.78. The number of ether oxygens (including phenoxy) is 1. The second-order valence-corrected chi connectivity index (χ2v) is 4.00. The van der Waals surface area contributed by atoms with Crippen LogP contribution in [-0.4, -0.2) is 26.9 Å². The molecule has 0 radical (unpaired) electrons. The van der Waals surface area contributed by atoms with Gasteiger partial charge in [-0.2, -0.15) is 9.36 Å². The highest BCUT2D eigenvalue weighted by Crippen LogP contribution is 2.18. The Labute approximate surface area is 105 Å². The van der Waals surface area contributed by atoms with Crippen molar-refractivity contribution in [3.63, 3.8) is 0 Å². The lowest BCUT2D eigenvalue weighted by Crippen LogP contribution is -2.23. The summed E-state index contributed by atoms with van der Waals surface area (Å²) < 4.78 is 7.71. The monoisotopic (exact) mass is 248 g/mol. The van der Waals surface area contributed by atoms with Gasteiger partial charge in [0.1, 0.15) is 0 Å². The Morgan fingerprint density at radius 1 is 1.33 bits per heavy atom. The van der Waals surface area contributed by atoms with E-state index in [1.807, 2.05) is 18.2 Å². The van der Waals surface area contributed by atoms with Crippen molar-refractivity contribution in [1.82, 2.24) is 19.8 Å². The summed E-state index contributed by atoms with van der Waals surface area (Å²) in [5.74, 6) is 0. The maximum atomic E-state index is 11.9. The number of hydrogen-bond acceptors (Lipinski definition) is 4. The van der Waals surface area contributed by atoms with Crippen LogP contribution in [0.15, 0.2) is 23.0 Å². The molecule has 0 amide bonds. The Balaban J connectivity index is 2.63. The largest absolute Gasteiger partial charge is 0.380 e. The molecule has 2 rings (SSSR count). The van der Waals surface area contributed by atoms with Crippen molar-refractivity contribution in [2.75, 3.05) is 7.11 Å². The zero-order chi connectivity index (χ0) is 13.1. The van der Waals surface area contributed by atoms with Crippen molar-refractivity contribution in [3.05, 3.63) is 39.8 Å². The van der Waals surface area contributed by atoms with E-state index in [1.165, 1.54) is 9.36 Å². The van der Waals surface area contributed by atoms with E-state index in [-0.39, 0.29) is 5.69 Å². The summed E-state index contributed by atoms with van der Waals surface area (Å²) in [6.45, 7) is 2.51.